The van der Waals surface area contributed by atoms with Gasteiger partial charge in [-0.2, -0.15) is 0 Å². The molecule has 0 radical (unpaired) electrons. The predicted molar refractivity (Wildman–Crippen MR) is 134 cm³/mol. The van der Waals surface area contributed by atoms with Gasteiger partial charge in [0.05, 0.1) is 6.04 Å². The summed E-state index contributed by atoms with van der Waals surface area (Å²) in [5, 5.41) is 3.72. The minimum absolute atomic E-state index is 0.0141. The van der Waals surface area contributed by atoms with Gasteiger partial charge in [-0.25, -0.2) is 4.98 Å². The molecule has 7 heteroatoms. The standard InChI is InChI=1S/C25H28BrN3O2S/c1-17(20-8-5-4-6-9-20)27-23(30)10-7-15-32-25-28-18(2)22(24(31)29(25)3)16-19-11-13-21(26)14-12-19/h4-6,8-9,11-14,17H,7,10,15-16H2,1-3H3,(H,27,30). The molecule has 1 amide bonds. The van der Waals surface area contributed by atoms with E-state index in [4.69, 9.17) is 0 Å². The molecule has 1 unspecified atom stereocenters. The molecule has 3 rings (SSSR count). The number of benzene rings is 2. The molecule has 3 aromatic rings. The van der Waals surface area contributed by atoms with Crippen LogP contribution < -0.4 is 10.9 Å². The Morgan fingerprint density at radius 2 is 1.84 bits per heavy atom. The van der Waals surface area contributed by atoms with Crippen molar-refractivity contribution >= 4 is 33.6 Å². The number of nitrogens with one attached hydrogen (secondary N) is 1. The van der Waals surface area contributed by atoms with Crippen molar-refractivity contribution in [1.82, 2.24) is 14.9 Å². The normalized spacial score (nSPS) is 11.9. The van der Waals surface area contributed by atoms with Crippen LogP contribution in [0.4, 0.5) is 0 Å². The largest absolute Gasteiger partial charge is 0.350 e. The van der Waals surface area contributed by atoms with Crippen molar-refractivity contribution in [3.63, 3.8) is 0 Å². The molecule has 168 valence electrons. The van der Waals surface area contributed by atoms with Crippen molar-refractivity contribution in [2.45, 2.75) is 44.3 Å². The number of carbonyl (C=O) groups is 1. The Labute approximate surface area is 201 Å². The van der Waals surface area contributed by atoms with Gasteiger partial charge < -0.3 is 5.32 Å². The molecule has 0 aliphatic carbocycles. The Kier molecular flexibility index (Phi) is 8.70. The first-order valence-corrected chi connectivity index (χ1v) is 12.4. The van der Waals surface area contributed by atoms with Crippen molar-refractivity contribution in [3.8, 4) is 0 Å². The molecule has 1 aromatic heterocycles. The number of hydrogen-bond acceptors (Lipinski definition) is 4. The summed E-state index contributed by atoms with van der Waals surface area (Å²) < 4.78 is 2.63. The molecule has 1 atom stereocenters. The number of halogens is 1. The van der Waals surface area contributed by atoms with Gasteiger partial charge in [0, 0.05) is 41.4 Å². The summed E-state index contributed by atoms with van der Waals surface area (Å²) in [6.07, 6.45) is 1.72. The monoisotopic (exact) mass is 513 g/mol. The highest BCUT2D eigenvalue weighted by molar-refractivity contribution is 9.10. The molecule has 0 fully saturated rings. The van der Waals surface area contributed by atoms with Crippen molar-refractivity contribution in [2.24, 2.45) is 7.05 Å². The van der Waals surface area contributed by atoms with Crippen molar-refractivity contribution in [1.29, 1.82) is 0 Å². The maximum atomic E-state index is 12.9. The fourth-order valence-electron chi connectivity index (χ4n) is 3.40. The molecule has 1 N–H and O–H groups in total. The molecule has 32 heavy (non-hydrogen) atoms. The van der Waals surface area contributed by atoms with Gasteiger partial charge in [0.15, 0.2) is 5.16 Å². The van der Waals surface area contributed by atoms with Crippen LogP contribution >= 0.6 is 27.7 Å². The smallest absolute Gasteiger partial charge is 0.257 e. The SMILES string of the molecule is Cc1nc(SCCCC(=O)NC(C)c2ccccc2)n(C)c(=O)c1Cc1ccc(Br)cc1. The quantitative estimate of drug-likeness (QED) is 0.243. The lowest BCUT2D eigenvalue weighted by Crippen LogP contribution is -2.26. The highest BCUT2D eigenvalue weighted by atomic mass is 79.9. The molecule has 0 aliphatic heterocycles. The Hall–Kier alpha value is -2.38. The molecule has 0 aliphatic rings. The van der Waals surface area contributed by atoms with Crippen LogP contribution in [0.5, 0.6) is 0 Å². The van der Waals surface area contributed by atoms with E-state index in [1.807, 2.05) is 68.4 Å². The number of hydrogen-bond donors (Lipinski definition) is 1. The maximum Gasteiger partial charge on any atom is 0.257 e. The summed E-state index contributed by atoms with van der Waals surface area (Å²) in [5.41, 5.74) is 3.62. The minimum atomic E-state index is -0.0163. The summed E-state index contributed by atoms with van der Waals surface area (Å²) in [4.78, 5) is 29.8. The molecular formula is C25H28BrN3O2S. The second kappa shape index (κ2) is 11.5. The average Bonchev–Trinajstić information content (AvgIpc) is 2.79. The zero-order chi connectivity index (χ0) is 23.1. The van der Waals surface area contributed by atoms with Gasteiger partial charge in [-0.3, -0.25) is 14.2 Å². The lowest BCUT2D eigenvalue weighted by atomic mass is 10.1. The van der Waals surface area contributed by atoms with Gasteiger partial charge in [-0.15, -0.1) is 0 Å². The molecule has 2 aromatic carbocycles. The lowest BCUT2D eigenvalue weighted by Gasteiger charge is -2.14. The summed E-state index contributed by atoms with van der Waals surface area (Å²) in [6.45, 7) is 3.87. The van der Waals surface area contributed by atoms with Crippen LogP contribution in [-0.4, -0.2) is 21.2 Å². The highest BCUT2D eigenvalue weighted by Crippen LogP contribution is 2.19. The Morgan fingerprint density at radius 1 is 1.16 bits per heavy atom. The Balaban J connectivity index is 1.53. The Bertz CT molecular complexity index is 1110. The van der Waals surface area contributed by atoms with Gasteiger partial charge in [-0.05, 0) is 43.5 Å². The van der Waals surface area contributed by atoms with Crippen LogP contribution in [0, 0.1) is 6.92 Å². The van der Waals surface area contributed by atoms with E-state index in [9.17, 15) is 9.59 Å². The maximum absolute atomic E-state index is 12.9. The number of carbonyl (C=O) groups excluding carboxylic acids is 1. The number of aromatic nitrogens is 2. The van der Waals surface area contributed by atoms with Gasteiger partial charge >= 0.3 is 0 Å². The van der Waals surface area contributed by atoms with Gasteiger partial charge in [-0.1, -0.05) is 70.2 Å². The average molecular weight is 514 g/mol. The van der Waals surface area contributed by atoms with E-state index in [-0.39, 0.29) is 17.5 Å². The molecule has 0 saturated carbocycles. The van der Waals surface area contributed by atoms with Crippen molar-refractivity contribution in [3.05, 3.63) is 91.8 Å². The Morgan fingerprint density at radius 3 is 2.53 bits per heavy atom. The summed E-state index contributed by atoms with van der Waals surface area (Å²) >= 11 is 4.95. The summed E-state index contributed by atoms with van der Waals surface area (Å²) in [7, 11) is 1.76. The fourth-order valence-corrected chi connectivity index (χ4v) is 4.62. The van der Waals surface area contributed by atoms with E-state index in [2.05, 4.69) is 26.2 Å². The topological polar surface area (TPSA) is 64.0 Å². The van der Waals surface area contributed by atoms with Gasteiger partial charge in [0.2, 0.25) is 5.91 Å². The molecular weight excluding hydrogens is 486 g/mol. The summed E-state index contributed by atoms with van der Waals surface area (Å²) in [5.74, 6) is 0.753. The first kappa shape index (κ1) is 24.3. The second-order valence-corrected chi connectivity index (χ2v) is 9.76. The first-order chi connectivity index (χ1) is 15.3. The number of thioether (sulfide) groups is 1. The number of rotatable bonds is 9. The van der Waals surface area contributed by atoms with Crippen LogP contribution in [0.1, 0.15) is 48.2 Å². The van der Waals surface area contributed by atoms with Gasteiger partial charge in [0.25, 0.3) is 5.56 Å². The van der Waals surface area contributed by atoms with Crippen molar-refractivity contribution < 1.29 is 4.79 Å². The minimum Gasteiger partial charge on any atom is -0.350 e. The molecule has 0 saturated heterocycles. The number of amides is 1. The number of aryl methyl sites for hydroxylation is 1. The third-order valence-electron chi connectivity index (χ3n) is 5.30. The van der Waals surface area contributed by atoms with Crippen molar-refractivity contribution in [2.75, 3.05) is 5.75 Å². The molecule has 1 heterocycles. The lowest BCUT2D eigenvalue weighted by molar-refractivity contribution is -0.121. The van der Waals surface area contributed by atoms with Crippen LogP contribution in [0.2, 0.25) is 0 Å². The zero-order valence-electron chi connectivity index (χ0n) is 18.6. The predicted octanol–water partition coefficient (Wildman–Crippen LogP) is 5.19. The van der Waals surface area contributed by atoms with E-state index < -0.39 is 0 Å². The van der Waals surface area contributed by atoms with E-state index in [1.54, 1.807) is 11.6 Å². The summed E-state index contributed by atoms with van der Waals surface area (Å²) in [6, 6.07) is 17.9. The highest BCUT2D eigenvalue weighted by Gasteiger charge is 2.14. The van der Waals surface area contributed by atoms with E-state index >= 15 is 0 Å². The zero-order valence-corrected chi connectivity index (χ0v) is 21.0. The third kappa shape index (κ3) is 6.56. The van der Waals surface area contributed by atoms with Crippen LogP contribution in [0.3, 0.4) is 0 Å². The van der Waals surface area contributed by atoms with Crippen LogP contribution in [-0.2, 0) is 18.3 Å². The third-order valence-corrected chi connectivity index (χ3v) is 6.95. The van der Waals surface area contributed by atoms with E-state index in [0.717, 1.165) is 27.0 Å². The molecule has 0 bridgehead atoms. The van der Waals surface area contributed by atoms with E-state index in [1.165, 1.54) is 11.8 Å². The van der Waals surface area contributed by atoms with E-state index in [0.29, 0.717) is 30.0 Å². The van der Waals surface area contributed by atoms with Crippen LogP contribution in [0.25, 0.3) is 0 Å². The first-order valence-electron chi connectivity index (χ1n) is 10.6. The molecule has 0 spiro atoms. The van der Waals surface area contributed by atoms with Gasteiger partial charge in [0.1, 0.15) is 0 Å². The number of nitrogens with zero attached hydrogens (tertiary/aromatic N) is 2. The fraction of sp³-hybridized carbons (Fsp3) is 0.320. The second-order valence-electron chi connectivity index (χ2n) is 7.78. The van der Waals surface area contributed by atoms with Crippen LogP contribution in [0.15, 0.2) is 69.0 Å². The molecule has 5 nitrogen and oxygen atoms in total.